The number of ether oxygens (including phenoxy) is 2. The summed E-state index contributed by atoms with van der Waals surface area (Å²) < 4.78 is 9.67. The predicted molar refractivity (Wildman–Crippen MR) is 55.1 cm³/mol. The Hall–Kier alpha value is -0.120. The lowest BCUT2D eigenvalue weighted by molar-refractivity contribution is -0.0288. The topological polar surface area (TPSA) is 21.7 Å². The highest BCUT2D eigenvalue weighted by molar-refractivity contribution is 4.70. The van der Waals surface area contributed by atoms with Gasteiger partial charge in [-0.05, 0) is 20.8 Å². The van der Waals surface area contributed by atoms with E-state index >= 15 is 0 Å². The molecule has 3 heteroatoms. The first-order chi connectivity index (χ1) is 6.11. The molecule has 13 heavy (non-hydrogen) atoms. The molecule has 3 nitrogen and oxygen atoms in total. The second-order valence-electron chi connectivity index (χ2n) is 3.68. The molecule has 1 atom stereocenters. The van der Waals surface area contributed by atoms with Crippen LogP contribution in [0.15, 0.2) is 0 Å². The molecular weight excluding hydrogens is 166 g/mol. The lowest BCUT2D eigenvalue weighted by Gasteiger charge is -2.33. The van der Waals surface area contributed by atoms with Gasteiger partial charge in [-0.2, -0.15) is 0 Å². The van der Waals surface area contributed by atoms with Gasteiger partial charge in [-0.3, -0.25) is 4.90 Å². The summed E-state index contributed by atoms with van der Waals surface area (Å²) in [5.41, 5.74) is 0. The van der Waals surface area contributed by atoms with E-state index in [-0.39, 0.29) is 0 Å². The normalized spacial score (nSPS) is 24.0. The Bertz CT molecular complexity index is 117. The Morgan fingerprint density at radius 3 is 2.23 bits per heavy atom. The van der Waals surface area contributed by atoms with Crippen LogP contribution in [-0.4, -0.2) is 51.0 Å². The quantitative estimate of drug-likeness (QED) is 0.622. The molecule has 0 N–H and O–H groups in total. The van der Waals surface area contributed by atoms with Crippen LogP contribution >= 0.6 is 0 Å². The standard InChI is InChI=1S/C8H17NO.C2H6O/c1-7(2)9-4-5-10-8(3)6-9;1-3-2/h7-8H,4-6H2,1-3H3;1-2H3. The number of hydrogen-bond donors (Lipinski definition) is 0. The third-order valence-corrected chi connectivity index (χ3v) is 2.00. The van der Waals surface area contributed by atoms with Crippen LogP contribution in [0.3, 0.4) is 0 Å². The van der Waals surface area contributed by atoms with Crippen LogP contribution in [0.4, 0.5) is 0 Å². The second kappa shape index (κ2) is 7.30. The van der Waals surface area contributed by atoms with E-state index in [4.69, 9.17) is 4.74 Å². The molecule has 1 rings (SSSR count). The summed E-state index contributed by atoms with van der Waals surface area (Å²) in [6.45, 7) is 9.70. The van der Waals surface area contributed by atoms with E-state index in [1.165, 1.54) is 0 Å². The third-order valence-electron chi connectivity index (χ3n) is 2.00. The number of methoxy groups -OCH3 is 1. The molecule has 0 amide bonds. The maximum atomic E-state index is 5.42. The monoisotopic (exact) mass is 189 g/mol. The Kier molecular flexibility index (Phi) is 7.23. The van der Waals surface area contributed by atoms with Gasteiger partial charge in [-0.15, -0.1) is 0 Å². The van der Waals surface area contributed by atoms with Gasteiger partial charge in [0, 0.05) is 33.4 Å². The average Bonchev–Trinajstić information content (AvgIpc) is 2.05. The van der Waals surface area contributed by atoms with Crippen molar-refractivity contribution in [2.45, 2.75) is 32.9 Å². The Morgan fingerprint density at radius 1 is 1.38 bits per heavy atom. The molecule has 80 valence electrons. The van der Waals surface area contributed by atoms with Gasteiger partial charge in [0.25, 0.3) is 0 Å². The molecule has 0 aromatic carbocycles. The third kappa shape index (κ3) is 6.02. The molecule has 1 unspecified atom stereocenters. The maximum Gasteiger partial charge on any atom is 0.0674 e. The van der Waals surface area contributed by atoms with Gasteiger partial charge in [0.05, 0.1) is 12.7 Å². The number of nitrogens with zero attached hydrogens (tertiary/aromatic N) is 1. The maximum absolute atomic E-state index is 5.42. The van der Waals surface area contributed by atoms with Crippen molar-refractivity contribution < 1.29 is 9.47 Å². The molecule has 0 bridgehead atoms. The van der Waals surface area contributed by atoms with Gasteiger partial charge in [0.1, 0.15) is 0 Å². The first-order valence-electron chi connectivity index (χ1n) is 4.87. The van der Waals surface area contributed by atoms with E-state index in [1.807, 2.05) is 0 Å². The molecule has 0 aromatic rings. The minimum atomic E-state index is 0.427. The molecule has 1 fully saturated rings. The van der Waals surface area contributed by atoms with Crippen molar-refractivity contribution in [1.29, 1.82) is 0 Å². The number of morpholine rings is 1. The van der Waals surface area contributed by atoms with E-state index in [9.17, 15) is 0 Å². The lowest BCUT2D eigenvalue weighted by atomic mass is 10.2. The molecule has 0 radical (unpaired) electrons. The van der Waals surface area contributed by atoms with E-state index in [0.717, 1.165) is 19.7 Å². The van der Waals surface area contributed by atoms with Gasteiger partial charge >= 0.3 is 0 Å². The van der Waals surface area contributed by atoms with Crippen LogP contribution in [-0.2, 0) is 9.47 Å². The van der Waals surface area contributed by atoms with Gasteiger partial charge in [0.2, 0.25) is 0 Å². The molecule has 0 aliphatic carbocycles. The van der Waals surface area contributed by atoms with Crippen molar-refractivity contribution in [2.24, 2.45) is 0 Å². The first kappa shape index (κ1) is 12.9. The first-order valence-corrected chi connectivity index (χ1v) is 4.87. The molecule has 0 saturated carbocycles. The van der Waals surface area contributed by atoms with Gasteiger partial charge in [0.15, 0.2) is 0 Å². The molecule has 0 spiro atoms. The van der Waals surface area contributed by atoms with Crippen molar-refractivity contribution in [3.05, 3.63) is 0 Å². The second-order valence-corrected chi connectivity index (χ2v) is 3.68. The summed E-state index contributed by atoms with van der Waals surface area (Å²) >= 11 is 0. The fourth-order valence-electron chi connectivity index (χ4n) is 1.31. The highest BCUT2D eigenvalue weighted by atomic mass is 16.5. The summed E-state index contributed by atoms with van der Waals surface area (Å²) in [4.78, 5) is 2.45. The van der Waals surface area contributed by atoms with Crippen LogP contribution in [0.5, 0.6) is 0 Å². The van der Waals surface area contributed by atoms with Crippen LogP contribution in [0.1, 0.15) is 20.8 Å². The van der Waals surface area contributed by atoms with Crippen LogP contribution in [0, 0.1) is 0 Å². The van der Waals surface area contributed by atoms with Crippen molar-refractivity contribution in [2.75, 3.05) is 33.9 Å². The summed E-state index contributed by atoms with van der Waals surface area (Å²) in [5.74, 6) is 0. The Morgan fingerprint density at radius 2 is 1.92 bits per heavy atom. The lowest BCUT2D eigenvalue weighted by Crippen LogP contribution is -2.44. The van der Waals surface area contributed by atoms with E-state index < -0.39 is 0 Å². The summed E-state index contributed by atoms with van der Waals surface area (Å²) in [6, 6.07) is 0.673. The van der Waals surface area contributed by atoms with Crippen LogP contribution < -0.4 is 0 Å². The largest absolute Gasteiger partial charge is 0.388 e. The molecular formula is C10H23NO2. The van der Waals surface area contributed by atoms with E-state index in [1.54, 1.807) is 14.2 Å². The smallest absolute Gasteiger partial charge is 0.0674 e. The highest BCUT2D eigenvalue weighted by Gasteiger charge is 2.17. The summed E-state index contributed by atoms with van der Waals surface area (Å²) in [7, 11) is 3.25. The minimum Gasteiger partial charge on any atom is -0.388 e. The number of hydrogen-bond acceptors (Lipinski definition) is 3. The minimum absolute atomic E-state index is 0.427. The highest BCUT2D eigenvalue weighted by Crippen LogP contribution is 2.07. The fourth-order valence-corrected chi connectivity index (χ4v) is 1.31. The number of rotatable bonds is 1. The van der Waals surface area contributed by atoms with Crippen molar-refractivity contribution in [3.63, 3.8) is 0 Å². The van der Waals surface area contributed by atoms with Gasteiger partial charge in [-0.25, -0.2) is 0 Å². The Balaban J connectivity index is 0.000000424. The predicted octanol–water partition coefficient (Wildman–Crippen LogP) is 1.38. The SMILES string of the molecule is CC1CN(C(C)C)CCO1.COC. The van der Waals surface area contributed by atoms with Crippen molar-refractivity contribution >= 4 is 0 Å². The molecule has 0 aromatic heterocycles. The van der Waals surface area contributed by atoms with E-state index in [2.05, 4.69) is 30.4 Å². The molecule has 1 aliphatic heterocycles. The summed E-state index contributed by atoms with van der Waals surface area (Å²) in [5, 5.41) is 0. The van der Waals surface area contributed by atoms with Gasteiger partial charge in [-0.1, -0.05) is 0 Å². The average molecular weight is 189 g/mol. The van der Waals surface area contributed by atoms with Gasteiger partial charge < -0.3 is 9.47 Å². The Labute approximate surface area is 82.0 Å². The fraction of sp³-hybridized carbons (Fsp3) is 1.00. The van der Waals surface area contributed by atoms with E-state index in [0.29, 0.717) is 12.1 Å². The van der Waals surface area contributed by atoms with Crippen molar-refractivity contribution in [1.82, 2.24) is 4.90 Å². The molecule has 1 heterocycles. The van der Waals surface area contributed by atoms with Crippen LogP contribution in [0.2, 0.25) is 0 Å². The molecule has 1 aliphatic rings. The van der Waals surface area contributed by atoms with Crippen molar-refractivity contribution in [3.8, 4) is 0 Å². The zero-order valence-corrected chi connectivity index (χ0v) is 9.54. The summed E-state index contributed by atoms with van der Waals surface area (Å²) in [6.07, 6.45) is 0.427. The van der Waals surface area contributed by atoms with Crippen LogP contribution in [0.25, 0.3) is 0 Å². The molecule has 1 saturated heterocycles. The zero-order valence-electron chi connectivity index (χ0n) is 9.54. The zero-order chi connectivity index (χ0) is 10.3.